The first-order valence-electron chi connectivity index (χ1n) is 9.64. The van der Waals surface area contributed by atoms with Crippen molar-refractivity contribution in [2.75, 3.05) is 13.1 Å². The first-order chi connectivity index (χ1) is 12.9. The molecule has 3 heterocycles. The topological polar surface area (TPSA) is 89.2 Å². The lowest BCUT2D eigenvalue weighted by Gasteiger charge is -2.40. The van der Waals surface area contributed by atoms with Crippen molar-refractivity contribution in [1.82, 2.24) is 19.4 Å². The van der Waals surface area contributed by atoms with E-state index in [1.165, 1.54) is 12.8 Å². The van der Waals surface area contributed by atoms with Gasteiger partial charge in [-0.3, -0.25) is 4.98 Å². The van der Waals surface area contributed by atoms with E-state index in [-0.39, 0.29) is 5.41 Å². The number of pyridine rings is 1. The highest BCUT2D eigenvalue weighted by Gasteiger charge is 2.46. The molecule has 0 aromatic carbocycles. The van der Waals surface area contributed by atoms with Crippen molar-refractivity contribution in [2.24, 2.45) is 5.92 Å². The maximum Gasteiger partial charge on any atom is 0.259 e. The van der Waals surface area contributed by atoms with Gasteiger partial charge in [-0.2, -0.15) is 4.98 Å². The number of sulfonamides is 1. The second-order valence-electron chi connectivity index (χ2n) is 8.09. The van der Waals surface area contributed by atoms with E-state index in [9.17, 15) is 8.42 Å². The predicted octanol–water partition coefficient (Wildman–Crippen LogP) is 3.00. The Morgan fingerprint density at radius 1 is 1.30 bits per heavy atom. The molecule has 2 aromatic heterocycles. The summed E-state index contributed by atoms with van der Waals surface area (Å²) >= 11 is 0. The molecular formula is C19H26N4O3S. The molecule has 0 spiro atoms. The quantitative estimate of drug-likeness (QED) is 0.753. The van der Waals surface area contributed by atoms with Crippen LogP contribution in [-0.2, 0) is 15.4 Å². The molecule has 1 saturated carbocycles. The Hall–Kier alpha value is -1.80. The third-order valence-electron chi connectivity index (χ3n) is 5.82. The summed E-state index contributed by atoms with van der Waals surface area (Å²) in [4.78, 5) is 8.80. The van der Waals surface area contributed by atoms with E-state index < -0.39 is 15.3 Å². The smallest absolute Gasteiger partial charge is 0.259 e. The van der Waals surface area contributed by atoms with Gasteiger partial charge in [-0.25, -0.2) is 12.7 Å². The molecule has 4 rings (SSSR count). The molecule has 2 aliphatic rings. The fourth-order valence-electron chi connectivity index (χ4n) is 3.91. The number of piperidine rings is 1. The molecule has 2 aromatic rings. The van der Waals surface area contributed by atoms with Crippen molar-refractivity contribution in [3.8, 4) is 11.5 Å². The van der Waals surface area contributed by atoms with Crippen LogP contribution < -0.4 is 0 Å². The number of hydrogen-bond donors (Lipinski definition) is 0. The van der Waals surface area contributed by atoms with E-state index in [1.54, 1.807) is 30.5 Å². The number of hydrogen-bond acceptors (Lipinski definition) is 6. The Balaban J connectivity index is 1.59. The first-order valence-corrected chi connectivity index (χ1v) is 11.1. The molecule has 7 nitrogen and oxygen atoms in total. The van der Waals surface area contributed by atoms with Gasteiger partial charge in [0, 0.05) is 30.9 Å². The molecule has 1 aliphatic heterocycles. The van der Waals surface area contributed by atoms with Crippen LogP contribution >= 0.6 is 0 Å². The van der Waals surface area contributed by atoms with Gasteiger partial charge in [-0.15, -0.1) is 0 Å². The largest absolute Gasteiger partial charge is 0.334 e. The Kier molecular flexibility index (Phi) is 4.80. The van der Waals surface area contributed by atoms with Crippen LogP contribution in [0.2, 0.25) is 0 Å². The van der Waals surface area contributed by atoms with E-state index in [0.29, 0.717) is 24.9 Å². The molecule has 0 atom stereocenters. The summed E-state index contributed by atoms with van der Waals surface area (Å²) in [5, 5.41) is 3.92. The van der Waals surface area contributed by atoms with Crippen LogP contribution in [0, 0.1) is 5.92 Å². The lowest BCUT2D eigenvalue weighted by molar-refractivity contribution is 0.197. The number of aromatic nitrogens is 3. The van der Waals surface area contributed by atoms with Gasteiger partial charge >= 0.3 is 0 Å². The van der Waals surface area contributed by atoms with Gasteiger partial charge in [-0.1, -0.05) is 18.0 Å². The van der Waals surface area contributed by atoms with Gasteiger partial charge in [0.1, 0.15) is 0 Å². The molecule has 8 heteroatoms. The molecule has 27 heavy (non-hydrogen) atoms. The second-order valence-corrected chi connectivity index (χ2v) is 10.6. The van der Waals surface area contributed by atoms with Crippen LogP contribution in [0.1, 0.15) is 51.8 Å². The van der Waals surface area contributed by atoms with Gasteiger partial charge in [0.15, 0.2) is 5.82 Å². The summed E-state index contributed by atoms with van der Waals surface area (Å²) in [5.74, 6) is 1.89. The molecule has 2 fully saturated rings. The Bertz CT molecular complexity index is 883. The summed E-state index contributed by atoms with van der Waals surface area (Å²) in [5.41, 5.74) is 0.603. The Morgan fingerprint density at radius 2 is 2.04 bits per heavy atom. The van der Waals surface area contributed by atoms with Gasteiger partial charge in [0.05, 0.1) is 10.8 Å². The molecule has 1 aliphatic carbocycles. The minimum Gasteiger partial charge on any atom is -0.334 e. The highest BCUT2D eigenvalue weighted by Crippen LogP contribution is 2.47. The zero-order chi connectivity index (χ0) is 19.1. The van der Waals surface area contributed by atoms with Gasteiger partial charge in [-0.05, 0) is 51.2 Å². The number of nitrogens with zero attached hydrogens (tertiary/aromatic N) is 4. The fourth-order valence-corrected chi connectivity index (χ4v) is 5.19. The number of rotatable bonds is 6. The third-order valence-corrected chi connectivity index (χ3v) is 8.10. The van der Waals surface area contributed by atoms with Crippen molar-refractivity contribution in [2.45, 2.75) is 56.6 Å². The van der Waals surface area contributed by atoms with Crippen molar-refractivity contribution in [3.05, 3.63) is 30.4 Å². The van der Waals surface area contributed by atoms with Crippen LogP contribution in [0.15, 0.2) is 29.0 Å². The van der Waals surface area contributed by atoms with Gasteiger partial charge in [0.2, 0.25) is 10.0 Å². The van der Waals surface area contributed by atoms with E-state index >= 15 is 0 Å². The van der Waals surface area contributed by atoms with Gasteiger partial charge < -0.3 is 4.52 Å². The zero-order valence-corrected chi connectivity index (χ0v) is 16.7. The molecule has 0 radical (unpaired) electrons. The lowest BCUT2D eigenvalue weighted by atomic mass is 9.74. The monoisotopic (exact) mass is 390 g/mol. The highest BCUT2D eigenvalue weighted by molar-refractivity contribution is 7.89. The molecule has 1 saturated heterocycles. The van der Waals surface area contributed by atoms with E-state index in [2.05, 4.69) is 10.1 Å². The van der Waals surface area contributed by atoms with E-state index in [4.69, 9.17) is 9.51 Å². The Labute approximate surface area is 160 Å². The Morgan fingerprint density at radius 3 is 2.63 bits per heavy atom. The van der Waals surface area contributed by atoms with Crippen LogP contribution in [0.25, 0.3) is 11.5 Å². The third kappa shape index (κ3) is 3.65. The van der Waals surface area contributed by atoms with Gasteiger partial charge in [0.25, 0.3) is 5.89 Å². The minimum atomic E-state index is -3.22. The zero-order valence-electron chi connectivity index (χ0n) is 15.8. The van der Waals surface area contributed by atoms with E-state index in [1.807, 2.05) is 12.1 Å². The van der Waals surface area contributed by atoms with Crippen LogP contribution in [-0.4, -0.2) is 46.2 Å². The van der Waals surface area contributed by atoms with Crippen molar-refractivity contribution in [1.29, 1.82) is 0 Å². The summed E-state index contributed by atoms with van der Waals surface area (Å²) in [6.07, 6.45) is 8.38. The summed E-state index contributed by atoms with van der Waals surface area (Å²) in [7, 11) is -3.22. The first kappa shape index (κ1) is 18.6. The summed E-state index contributed by atoms with van der Waals surface area (Å²) in [6, 6.07) is 3.74. The predicted molar refractivity (Wildman–Crippen MR) is 101 cm³/mol. The van der Waals surface area contributed by atoms with Crippen molar-refractivity contribution >= 4 is 10.0 Å². The molecule has 0 bridgehead atoms. The highest BCUT2D eigenvalue weighted by atomic mass is 32.2. The molecule has 0 amide bonds. The van der Waals surface area contributed by atoms with Crippen LogP contribution in [0.4, 0.5) is 0 Å². The normalized spacial score (nSPS) is 20.9. The summed E-state index contributed by atoms with van der Waals surface area (Å²) < 4.78 is 32.2. The second kappa shape index (κ2) is 6.98. The van der Waals surface area contributed by atoms with Crippen LogP contribution in [0.5, 0.6) is 0 Å². The molecule has 146 valence electrons. The maximum atomic E-state index is 12.5. The maximum absolute atomic E-state index is 12.5. The molecular weight excluding hydrogens is 364 g/mol. The molecule has 0 N–H and O–H groups in total. The average molecular weight is 391 g/mol. The van der Waals surface area contributed by atoms with E-state index in [0.717, 1.165) is 30.7 Å². The standard InChI is InChI=1S/C19H26N4O3S/c1-14(2)27(24,25)23-10-7-19(8-11-23,12-15-5-6-15)18-21-17(26-22-18)16-4-3-9-20-13-16/h3-4,9,13-15H,5-8,10-12H2,1-2H3. The van der Waals surface area contributed by atoms with Crippen LogP contribution in [0.3, 0.4) is 0 Å². The minimum absolute atomic E-state index is 0.200. The lowest BCUT2D eigenvalue weighted by Crippen LogP contribution is -2.47. The summed E-state index contributed by atoms with van der Waals surface area (Å²) in [6.45, 7) is 4.51. The van der Waals surface area contributed by atoms with Crippen molar-refractivity contribution < 1.29 is 12.9 Å². The van der Waals surface area contributed by atoms with Crippen molar-refractivity contribution in [3.63, 3.8) is 0 Å². The SMILES string of the molecule is CC(C)S(=O)(=O)N1CCC(CC2CC2)(c2noc(-c3cccnc3)n2)CC1. The molecule has 0 unspecified atom stereocenters. The fraction of sp³-hybridized carbons (Fsp3) is 0.632. The average Bonchev–Trinajstić information content (AvgIpc) is 3.33.